The fraction of sp³-hybridized carbons (Fsp3) is 0.591. The van der Waals surface area contributed by atoms with E-state index in [0.717, 1.165) is 42.6 Å². The van der Waals surface area contributed by atoms with E-state index >= 15 is 0 Å². The molecule has 2 aromatic heterocycles. The first-order valence-electron chi connectivity index (χ1n) is 11.1. The van der Waals surface area contributed by atoms with E-state index < -0.39 is 0 Å². The van der Waals surface area contributed by atoms with Gasteiger partial charge in [-0.25, -0.2) is 4.79 Å². The van der Waals surface area contributed by atoms with E-state index in [-0.39, 0.29) is 37.0 Å². The molecule has 2 heterocycles. The molecule has 0 saturated heterocycles. The second kappa shape index (κ2) is 8.28. The largest absolute Gasteiger partial charge is 0.347 e. The first kappa shape index (κ1) is 20.0. The van der Waals surface area contributed by atoms with Gasteiger partial charge in [-0.1, -0.05) is 5.16 Å². The van der Waals surface area contributed by atoms with Crippen molar-refractivity contribution in [2.75, 3.05) is 6.54 Å². The number of carbonyl (C=O) groups excluding carboxylic acids is 2. The lowest BCUT2D eigenvalue weighted by Crippen LogP contribution is -2.61. The molecule has 3 N–H and O–H groups in total. The number of rotatable bonds is 7. The Morgan fingerprint density at radius 3 is 2.39 bits per heavy atom. The highest BCUT2D eigenvalue weighted by Gasteiger charge is 2.51. The number of pyridine rings is 1. The van der Waals surface area contributed by atoms with Crippen molar-refractivity contribution in [3.63, 3.8) is 0 Å². The summed E-state index contributed by atoms with van der Waals surface area (Å²) in [6.07, 6.45) is 10.8. The van der Waals surface area contributed by atoms with Gasteiger partial charge in [-0.15, -0.1) is 0 Å². The van der Waals surface area contributed by atoms with Crippen LogP contribution >= 0.6 is 0 Å². The molecular formula is C22H28N6O3. The fourth-order valence-corrected chi connectivity index (χ4v) is 6.05. The summed E-state index contributed by atoms with van der Waals surface area (Å²) >= 11 is 0. The zero-order valence-corrected chi connectivity index (χ0v) is 17.5. The molecule has 0 aliphatic heterocycles. The van der Waals surface area contributed by atoms with Crippen LogP contribution in [-0.4, -0.2) is 39.1 Å². The van der Waals surface area contributed by atoms with Crippen LogP contribution in [0, 0.1) is 17.8 Å². The SMILES string of the molecule is O=C(CCNC(=O)NC12CC3CC(CC(C3)C1)C2)NCc1nc(-c2ccncc2)no1. The maximum atomic E-state index is 12.4. The van der Waals surface area contributed by atoms with Crippen LogP contribution in [0.3, 0.4) is 0 Å². The molecule has 0 spiro atoms. The number of hydrogen-bond acceptors (Lipinski definition) is 6. The molecule has 4 fully saturated rings. The molecule has 6 rings (SSSR count). The summed E-state index contributed by atoms with van der Waals surface area (Å²) in [5, 5.41) is 12.8. The molecule has 0 unspecified atom stereocenters. The van der Waals surface area contributed by atoms with Crippen molar-refractivity contribution in [3.05, 3.63) is 30.4 Å². The Morgan fingerprint density at radius 2 is 1.71 bits per heavy atom. The monoisotopic (exact) mass is 424 g/mol. The summed E-state index contributed by atoms with van der Waals surface area (Å²) in [5.41, 5.74) is 0.775. The van der Waals surface area contributed by atoms with Crippen LogP contribution in [0.5, 0.6) is 0 Å². The van der Waals surface area contributed by atoms with E-state index in [4.69, 9.17) is 4.52 Å². The molecule has 31 heavy (non-hydrogen) atoms. The van der Waals surface area contributed by atoms with Crippen molar-refractivity contribution < 1.29 is 14.1 Å². The normalized spacial score (nSPS) is 28.3. The number of carbonyl (C=O) groups is 2. The van der Waals surface area contributed by atoms with Gasteiger partial charge >= 0.3 is 6.03 Å². The summed E-state index contributed by atoms with van der Waals surface area (Å²) in [7, 11) is 0. The molecule has 4 aliphatic carbocycles. The molecule has 9 heteroatoms. The lowest BCUT2D eigenvalue weighted by molar-refractivity contribution is -0.121. The van der Waals surface area contributed by atoms with Crippen LogP contribution in [0.4, 0.5) is 4.79 Å². The highest BCUT2D eigenvalue weighted by atomic mass is 16.5. The Hall–Kier alpha value is -2.97. The third kappa shape index (κ3) is 4.55. The van der Waals surface area contributed by atoms with Gasteiger partial charge in [0.1, 0.15) is 0 Å². The zero-order chi connectivity index (χ0) is 21.3. The van der Waals surface area contributed by atoms with E-state index in [1.165, 1.54) is 19.3 Å². The van der Waals surface area contributed by atoms with Crippen molar-refractivity contribution in [1.29, 1.82) is 0 Å². The molecule has 4 bridgehead atoms. The fourth-order valence-electron chi connectivity index (χ4n) is 6.05. The Bertz CT molecular complexity index is 908. The summed E-state index contributed by atoms with van der Waals surface area (Å²) in [4.78, 5) is 32.8. The minimum atomic E-state index is -0.182. The van der Waals surface area contributed by atoms with Crippen molar-refractivity contribution in [1.82, 2.24) is 31.1 Å². The summed E-state index contributed by atoms with van der Waals surface area (Å²) in [5.74, 6) is 2.93. The number of amides is 3. The molecule has 9 nitrogen and oxygen atoms in total. The number of urea groups is 1. The second-order valence-electron chi connectivity index (χ2n) is 9.35. The molecule has 3 amide bonds. The van der Waals surface area contributed by atoms with Gasteiger partial charge in [0.15, 0.2) is 0 Å². The Morgan fingerprint density at radius 1 is 1.03 bits per heavy atom. The van der Waals surface area contributed by atoms with E-state index in [1.54, 1.807) is 24.5 Å². The van der Waals surface area contributed by atoms with Crippen molar-refractivity contribution in [2.45, 2.75) is 57.0 Å². The second-order valence-corrected chi connectivity index (χ2v) is 9.35. The van der Waals surface area contributed by atoms with E-state index in [2.05, 4.69) is 31.1 Å². The molecule has 4 saturated carbocycles. The van der Waals surface area contributed by atoms with Gasteiger partial charge in [0.25, 0.3) is 0 Å². The van der Waals surface area contributed by atoms with Gasteiger partial charge in [0.2, 0.25) is 17.6 Å². The maximum Gasteiger partial charge on any atom is 0.315 e. The van der Waals surface area contributed by atoms with Crippen LogP contribution in [-0.2, 0) is 11.3 Å². The van der Waals surface area contributed by atoms with E-state index in [9.17, 15) is 9.59 Å². The average Bonchev–Trinajstić information content (AvgIpc) is 3.21. The van der Waals surface area contributed by atoms with Gasteiger partial charge in [0.05, 0.1) is 6.54 Å². The topological polar surface area (TPSA) is 122 Å². The standard InChI is InChI=1S/C22H28N6O3/c29-18(25-13-19-26-20(28-31-19)17-1-4-23-5-2-17)3-6-24-21(30)27-22-10-14-7-15(11-22)9-16(8-14)12-22/h1-2,4-5,14-16H,3,6-13H2,(H,25,29)(H2,24,27,30). The maximum absolute atomic E-state index is 12.4. The van der Waals surface area contributed by atoms with Gasteiger partial charge < -0.3 is 20.5 Å². The minimum absolute atomic E-state index is 0.0223. The van der Waals surface area contributed by atoms with E-state index in [0.29, 0.717) is 11.7 Å². The van der Waals surface area contributed by atoms with Crippen LogP contribution < -0.4 is 16.0 Å². The van der Waals surface area contributed by atoms with Crippen LogP contribution in [0.2, 0.25) is 0 Å². The zero-order valence-electron chi connectivity index (χ0n) is 17.5. The molecule has 2 aromatic rings. The predicted octanol–water partition coefficient (Wildman–Crippen LogP) is 2.41. The number of hydrogen-bond donors (Lipinski definition) is 3. The van der Waals surface area contributed by atoms with Crippen molar-refractivity contribution in [2.24, 2.45) is 17.8 Å². The van der Waals surface area contributed by atoms with Crippen LogP contribution in [0.1, 0.15) is 50.8 Å². The quantitative estimate of drug-likeness (QED) is 0.627. The minimum Gasteiger partial charge on any atom is -0.347 e. The smallest absolute Gasteiger partial charge is 0.315 e. The van der Waals surface area contributed by atoms with Gasteiger partial charge in [-0.05, 0) is 68.4 Å². The molecule has 0 atom stereocenters. The molecule has 0 radical (unpaired) electrons. The Labute approximate surface area is 180 Å². The van der Waals surface area contributed by atoms with Crippen LogP contribution in [0.15, 0.2) is 29.0 Å². The number of aromatic nitrogens is 3. The highest BCUT2D eigenvalue weighted by Crippen LogP contribution is 2.55. The first-order valence-corrected chi connectivity index (χ1v) is 11.1. The van der Waals surface area contributed by atoms with E-state index in [1.807, 2.05) is 0 Å². The van der Waals surface area contributed by atoms with Gasteiger partial charge in [0, 0.05) is 36.5 Å². The molecule has 164 valence electrons. The van der Waals surface area contributed by atoms with Gasteiger partial charge in [-0.3, -0.25) is 9.78 Å². The van der Waals surface area contributed by atoms with Gasteiger partial charge in [-0.2, -0.15) is 4.98 Å². The molecule has 0 aromatic carbocycles. The lowest BCUT2D eigenvalue weighted by atomic mass is 9.53. The molecular weight excluding hydrogens is 396 g/mol. The number of nitrogens with one attached hydrogen (secondary N) is 3. The van der Waals surface area contributed by atoms with Crippen molar-refractivity contribution >= 4 is 11.9 Å². The third-order valence-corrected chi connectivity index (χ3v) is 6.90. The van der Waals surface area contributed by atoms with Crippen molar-refractivity contribution in [3.8, 4) is 11.4 Å². The number of nitrogens with zero attached hydrogens (tertiary/aromatic N) is 3. The Balaban J connectivity index is 1.03. The average molecular weight is 425 g/mol. The third-order valence-electron chi connectivity index (χ3n) is 6.90. The highest BCUT2D eigenvalue weighted by molar-refractivity contribution is 5.78. The predicted molar refractivity (Wildman–Crippen MR) is 111 cm³/mol. The Kier molecular flexibility index (Phi) is 5.33. The lowest BCUT2D eigenvalue weighted by Gasteiger charge is -2.56. The summed E-state index contributed by atoms with van der Waals surface area (Å²) < 4.78 is 5.17. The summed E-state index contributed by atoms with van der Waals surface area (Å²) in [6, 6.07) is 3.41. The van der Waals surface area contributed by atoms with Crippen LogP contribution in [0.25, 0.3) is 11.4 Å². The summed E-state index contributed by atoms with van der Waals surface area (Å²) in [6.45, 7) is 0.437. The first-order chi connectivity index (χ1) is 15.1. The molecule has 4 aliphatic rings.